The number of carbonyl (C=O) groups is 2. The van der Waals surface area contributed by atoms with Gasteiger partial charge in [0.05, 0.1) is 36.9 Å². The van der Waals surface area contributed by atoms with E-state index < -0.39 is 11.6 Å². The lowest BCUT2D eigenvalue weighted by Gasteiger charge is -2.19. The Kier molecular flexibility index (Phi) is 9.44. The van der Waals surface area contributed by atoms with Crippen molar-refractivity contribution >= 4 is 35.0 Å². The highest BCUT2D eigenvalue weighted by molar-refractivity contribution is 6.31. The standard InChI is InChI=1S/C32H27Cl2N5O4/c1-2-43-32(42)16-23-10-8-22(9-11-23)15-29(40)28(14-21-6-4-3-5-7-21)38-20-35-26(18-31(38)41)25-17-24(33)12-13-27(25)39-19-30(34)36-37-39/h3-13,17-20,28H,2,14-16H2,1H3/t28-/m0/s1. The fourth-order valence-corrected chi connectivity index (χ4v) is 5.04. The van der Waals surface area contributed by atoms with Crippen molar-refractivity contribution in [1.29, 1.82) is 0 Å². The molecule has 11 heteroatoms. The topological polar surface area (TPSA) is 109 Å². The molecule has 0 aliphatic rings. The van der Waals surface area contributed by atoms with Gasteiger partial charge in [-0.2, -0.15) is 0 Å². The molecule has 5 aromatic rings. The highest BCUT2D eigenvalue weighted by atomic mass is 35.5. The Morgan fingerprint density at radius 3 is 2.28 bits per heavy atom. The molecular weight excluding hydrogens is 589 g/mol. The molecule has 0 aliphatic heterocycles. The molecule has 218 valence electrons. The van der Waals surface area contributed by atoms with Crippen molar-refractivity contribution in [3.8, 4) is 16.9 Å². The lowest BCUT2D eigenvalue weighted by molar-refractivity contribution is -0.142. The summed E-state index contributed by atoms with van der Waals surface area (Å²) >= 11 is 12.3. The van der Waals surface area contributed by atoms with Gasteiger partial charge in [0, 0.05) is 29.5 Å². The van der Waals surface area contributed by atoms with Crippen LogP contribution in [0.5, 0.6) is 0 Å². The minimum atomic E-state index is -0.802. The van der Waals surface area contributed by atoms with Crippen LogP contribution in [0.4, 0.5) is 0 Å². The summed E-state index contributed by atoms with van der Waals surface area (Å²) in [6.07, 6.45) is 3.49. The summed E-state index contributed by atoms with van der Waals surface area (Å²) in [6, 6.07) is 22.4. The summed E-state index contributed by atoms with van der Waals surface area (Å²) in [7, 11) is 0. The first-order chi connectivity index (χ1) is 20.8. The van der Waals surface area contributed by atoms with Gasteiger partial charge in [-0.05, 0) is 41.8 Å². The van der Waals surface area contributed by atoms with Crippen molar-refractivity contribution in [2.45, 2.75) is 32.2 Å². The zero-order valence-electron chi connectivity index (χ0n) is 23.2. The van der Waals surface area contributed by atoms with E-state index in [1.807, 2.05) is 42.5 Å². The van der Waals surface area contributed by atoms with Crippen LogP contribution in [0.2, 0.25) is 10.2 Å². The molecule has 3 aromatic carbocycles. The maximum atomic E-state index is 13.7. The number of halogens is 2. The van der Waals surface area contributed by atoms with Crippen LogP contribution >= 0.6 is 23.2 Å². The second-order valence-electron chi connectivity index (χ2n) is 9.81. The summed E-state index contributed by atoms with van der Waals surface area (Å²) in [6.45, 7) is 2.08. The average Bonchev–Trinajstić information content (AvgIpc) is 3.43. The van der Waals surface area contributed by atoms with Crippen LogP contribution in [-0.2, 0) is 33.6 Å². The molecule has 0 saturated heterocycles. The minimum absolute atomic E-state index is 0.0941. The number of benzene rings is 3. The highest BCUT2D eigenvalue weighted by Gasteiger charge is 2.23. The van der Waals surface area contributed by atoms with Crippen LogP contribution in [0.3, 0.4) is 0 Å². The maximum absolute atomic E-state index is 13.7. The van der Waals surface area contributed by atoms with E-state index in [0.29, 0.717) is 35.0 Å². The summed E-state index contributed by atoms with van der Waals surface area (Å²) in [5.41, 5.74) is 3.55. The fourth-order valence-electron chi connectivity index (χ4n) is 4.74. The van der Waals surface area contributed by atoms with Gasteiger partial charge in [0.1, 0.15) is 6.04 Å². The Morgan fingerprint density at radius 2 is 1.63 bits per heavy atom. The Balaban J connectivity index is 1.45. The average molecular weight is 617 g/mol. The van der Waals surface area contributed by atoms with Crippen molar-refractivity contribution < 1.29 is 14.3 Å². The third-order valence-electron chi connectivity index (χ3n) is 6.82. The van der Waals surface area contributed by atoms with Gasteiger partial charge < -0.3 is 4.74 Å². The largest absolute Gasteiger partial charge is 0.466 e. The number of aromatic nitrogens is 5. The van der Waals surface area contributed by atoms with Gasteiger partial charge in [-0.15, -0.1) is 5.10 Å². The lowest BCUT2D eigenvalue weighted by Crippen LogP contribution is -2.32. The zero-order valence-corrected chi connectivity index (χ0v) is 24.7. The molecule has 0 amide bonds. The summed E-state index contributed by atoms with van der Waals surface area (Å²) in [4.78, 5) is 43.7. The molecule has 0 N–H and O–H groups in total. The maximum Gasteiger partial charge on any atom is 0.310 e. The molecule has 0 radical (unpaired) electrons. The molecule has 0 unspecified atom stereocenters. The molecule has 0 fully saturated rings. The lowest BCUT2D eigenvalue weighted by atomic mass is 9.96. The van der Waals surface area contributed by atoms with Crippen molar-refractivity contribution in [2.75, 3.05) is 6.61 Å². The van der Waals surface area contributed by atoms with Crippen LogP contribution < -0.4 is 5.56 Å². The number of carbonyl (C=O) groups excluding carboxylic acids is 2. The third-order valence-corrected chi connectivity index (χ3v) is 7.23. The second kappa shape index (κ2) is 13.6. The molecule has 0 aliphatic carbocycles. The van der Waals surface area contributed by atoms with E-state index in [1.54, 1.807) is 37.3 Å². The summed E-state index contributed by atoms with van der Waals surface area (Å²) in [5.74, 6) is -0.459. The number of ketones is 1. The van der Waals surface area contributed by atoms with Crippen LogP contribution in [0.1, 0.15) is 29.7 Å². The first-order valence-corrected chi connectivity index (χ1v) is 14.3. The van der Waals surface area contributed by atoms with Gasteiger partial charge in [0.25, 0.3) is 5.56 Å². The van der Waals surface area contributed by atoms with E-state index in [9.17, 15) is 14.4 Å². The second-order valence-corrected chi connectivity index (χ2v) is 10.6. The Bertz CT molecular complexity index is 1800. The van der Waals surface area contributed by atoms with E-state index in [-0.39, 0.29) is 29.7 Å². The number of ether oxygens (including phenoxy) is 1. The zero-order chi connectivity index (χ0) is 30.3. The first-order valence-electron chi connectivity index (χ1n) is 13.6. The van der Waals surface area contributed by atoms with Gasteiger partial charge in [-0.1, -0.05) is 83.0 Å². The third kappa shape index (κ3) is 7.43. The van der Waals surface area contributed by atoms with Crippen molar-refractivity contribution in [3.05, 3.63) is 129 Å². The fraction of sp³-hybridized carbons (Fsp3) is 0.188. The molecule has 5 rings (SSSR count). The van der Waals surface area contributed by atoms with Crippen molar-refractivity contribution in [1.82, 2.24) is 24.5 Å². The predicted octanol–water partition coefficient (Wildman–Crippen LogP) is 5.50. The molecule has 43 heavy (non-hydrogen) atoms. The van der Waals surface area contributed by atoms with E-state index in [1.165, 1.54) is 27.8 Å². The van der Waals surface area contributed by atoms with Gasteiger partial charge >= 0.3 is 5.97 Å². The van der Waals surface area contributed by atoms with Crippen LogP contribution in [0.25, 0.3) is 16.9 Å². The van der Waals surface area contributed by atoms with E-state index in [2.05, 4.69) is 15.3 Å². The number of rotatable bonds is 11. The summed E-state index contributed by atoms with van der Waals surface area (Å²) < 4.78 is 7.85. The van der Waals surface area contributed by atoms with Crippen LogP contribution in [-0.4, -0.2) is 42.9 Å². The van der Waals surface area contributed by atoms with Crippen LogP contribution in [0, 0.1) is 0 Å². The van der Waals surface area contributed by atoms with E-state index in [0.717, 1.165) is 16.7 Å². The number of esters is 1. The first kappa shape index (κ1) is 29.9. The molecule has 0 bridgehead atoms. The van der Waals surface area contributed by atoms with Crippen molar-refractivity contribution in [3.63, 3.8) is 0 Å². The predicted molar refractivity (Wildman–Crippen MR) is 164 cm³/mol. The molecule has 2 heterocycles. The number of nitrogens with zero attached hydrogens (tertiary/aromatic N) is 5. The molecule has 9 nitrogen and oxygen atoms in total. The van der Waals surface area contributed by atoms with E-state index >= 15 is 0 Å². The molecule has 2 aromatic heterocycles. The number of Topliss-reactive ketones (excluding diaryl/α,β-unsaturated/α-hetero) is 1. The van der Waals surface area contributed by atoms with Gasteiger partial charge in [0.2, 0.25) is 0 Å². The number of hydrogen-bond donors (Lipinski definition) is 0. The van der Waals surface area contributed by atoms with Crippen LogP contribution in [0.15, 0.2) is 96.2 Å². The quantitative estimate of drug-likeness (QED) is 0.180. The van der Waals surface area contributed by atoms with Gasteiger partial charge in [-0.25, -0.2) is 9.67 Å². The molecule has 0 saturated carbocycles. The highest BCUT2D eigenvalue weighted by Crippen LogP contribution is 2.28. The Hall–Kier alpha value is -4.60. The summed E-state index contributed by atoms with van der Waals surface area (Å²) in [5, 5.41) is 8.50. The molecular formula is C32H27Cl2N5O4. The Labute approximate surface area is 257 Å². The SMILES string of the molecule is CCOC(=O)Cc1ccc(CC(=O)[C@H](Cc2ccccc2)n2cnc(-c3cc(Cl)ccc3-n3cc(Cl)nn3)cc2=O)cc1. The monoisotopic (exact) mass is 615 g/mol. The molecule has 1 atom stereocenters. The Morgan fingerprint density at radius 1 is 0.907 bits per heavy atom. The smallest absolute Gasteiger partial charge is 0.310 e. The van der Waals surface area contributed by atoms with E-state index in [4.69, 9.17) is 27.9 Å². The van der Waals surface area contributed by atoms with Gasteiger partial charge in [0.15, 0.2) is 10.9 Å². The van der Waals surface area contributed by atoms with Gasteiger partial charge in [-0.3, -0.25) is 19.0 Å². The normalized spacial score (nSPS) is 11.7. The molecule has 0 spiro atoms. The van der Waals surface area contributed by atoms with Crippen molar-refractivity contribution in [2.24, 2.45) is 0 Å². The number of hydrogen-bond acceptors (Lipinski definition) is 7. The minimum Gasteiger partial charge on any atom is -0.466 e.